The Morgan fingerprint density at radius 2 is 1.85 bits per heavy atom. The lowest BCUT2D eigenvalue weighted by Gasteiger charge is -2.14. The first-order chi connectivity index (χ1) is 5.66. The topological polar surface area (TPSA) is 46.5 Å². The van der Waals surface area contributed by atoms with E-state index in [1.165, 1.54) is 20.8 Å². The molecular formula is C8H14FNO2S. The van der Waals surface area contributed by atoms with Crippen molar-refractivity contribution in [3.05, 3.63) is 0 Å². The van der Waals surface area contributed by atoms with E-state index in [2.05, 4.69) is 4.40 Å². The zero-order valence-corrected chi connectivity index (χ0v) is 8.86. The highest BCUT2D eigenvalue weighted by molar-refractivity contribution is 7.91. The third-order valence-corrected chi connectivity index (χ3v) is 3.86. The molecule has 0 aromatic rings. The minimum atomic E-state index is -3.56. The van der Waals surface area contributed by atoms with E-state index in [1.807, 2.05) is 0 Å². The smallest absolute Gasteiger partial charge is 0.238 e. The van der Waals surface area contributed by atoms with Gasteiger partial charge in [-0.3, -0.25) is 0 Å². The summed E-state index contributed by atoms with van der Waals surface area (Å²) in [4.78, 5) is 0. The first kappa shape index (κ1) is 10.6. The molecule has 0 spiro atoms. The number of halogens is 1. The average Bonchev–Trinajstić information content (AvgIpc) is 2.63. The second-order valence-corrected chi connectivity index (χ2v) is 6.74. The summed E-state index contributed by atoms with van der Waals surface area (Å²) in [7, 11) is -3.56. The summed E-state index contributed by atoms with van der Waals surface area (Å²) in [5.41, 5.74) is -1.45. The molecule has 0 N–H and O–H groups in total. The summed E-state index contributed by atoms with van der Waals surface area (Å²) >= 11 is 0. The highest BCUT2D eigenvalue weighted by atomic mass is 32.2. The van der Waals surface area contributed by atoms with Crippen LogP contribution in [0.2, 0.25) is 0 Å². The molecule has 0 atom stereocenters. The molecule has 0 radical (unpaired) electrons. The lowest BCUT2D eigenvalue weighted by Crippen LogP contribution is -2.26. The number of nitrogens with zero attached hydrogens (tertiary/aromatic N) is 1. The maximum atomic E-state index is 13.0. The van der Waals surface area contributed by atoms with Crippen LogP contribution < -0.4 is 0 Å². The van der Waals surface area contributed by atoms with E-state index in [4.69, 9.17) is 0 Å². The van der Waals surface area contributed by atoms with Gasteiger partial charge in [-0.1, -0.05) is 0 Å². The van der Waals surface area contributed by atoms with Crippen molar-refractivity contribution in [1.29, 1.82) is 0 Å². The van der Waals surface area contributed by atoms with Gasteiger partial charge in [0.2, 0.25) is 0 Å². The molecule has 0 aromatic heterocycles. The molecule has 0 saturated heterocycles. The van der Waals surface area contributed by atoms with Gasteiger partial charge < -0.3 is 0 Å². The Morgan fingerprint density at radius 3 is 2.15 bits per heavy atom. The molecule has 0 bridgehead atoms. The monoisotopic (exact) mass is 207 g/mol. The summed E-state index contributed by atoms with van der Waals surface area (Å²) in [5.74, 6) is 0. The van der Waals surface area contributed by atoms with Crippen LogP contribution in [0.1, 0.15) is 33.6 Å². The van der Waals surface area contributed by atoms with Crippen molar-refractivity contribution in [1.82, 2.24) is 0 Å². The van der Waals surface area contributed by atoms with Gasteiger partial charge in [0.15, 0.2) is 0 Å². The largest absolute Gasteiger partial charge is 0.257 e. The molecule has 1 rings (SSSR count). The first-order valence-corrected chi connectivity index (χ1v) is 5.60. The van der Waals surface area contributed by atoms with Crippen molar-refractivity contribution in [2.75, 3.05) is 0 Å². The number of hydrogen-bond acceptors (Lipinski definition) is 2. The lowest BCUT2D eigenvalue weighted by atomic mass is 10.3. The van der Waals surface area contributed by atoms with E-state index in [0.29, 0.717) is 12.8 Å². The molecule has 1 aliphatic rings. The van der Waals surface area contributed by atoms with E-state index in [1.54, 1.807) is 0 Å². The van der Waals surface area contributed by atoms with Crippen LogP contribution >= 0.6 is 0 Å². The van der Waals surface area contributed by atoms with Gasteiger partial charge in [0, 0.05) is 0 Å². The van der Waals surface area contributed by atoms with Gasteiger partial charge in [0.1, 0.15) is 5.67 Å². The van der Waals surface area contributed by atoms with Gasteiger partial charge in [-0.2, -0.15) is 4.40 Å². The zero-order valence-electron chi connectivity index (χ0n) is 8.04. The molecule has 0 aromatic carbocycles. The average molecular weight is 207 g/mol. The van der Waals surface area contributed by atoms with Crippen molar-refractivity contribution in [3.63, 3.8) is 0 Å². The van der Waals surface area contributed by atoms with Crippen LogP contribution in [0.3, 0.4) is 0 Å². The van der Waals surface area contributed by atoms with Crippen molar-refractivity contribution < 1.29 is 12.8 Å². The highest BCUT2D eigenvalue weighted by Crippen LogP contribution is 2.38. The van der Waals surface area contributed by atoms with Crippen LogP contribution in [-0.2, 0) is 10.0 Å². The molecule has 5 heteroatoms. The molecule has 1 saturated carbocycles. The van der Waals surface area contributed by atoms with Crippen LogP contribution in [0.5, 0.6) is 0 Å². The fourth-order valence-corrected chi connectivity index (χ4v) is 1.21. The van der Waals surface area contributed by atoms with Crippen molar-refractivity contribution in [2.24, 2.45) is 4.40 Å². The van der Waals surface area contributed by atoms with Gasteiger partial charge in [-0.05, 0) is 33.6 Å². The van der Waals surface area contributed by atoms with E-state index >= 15 is 0 Å². The molecule has 76 valence electrons. The molecule has 0 aliphatic heterocycles. The SMILES string of the molecule is CC(C)(C)S(=O)(=O)N=CC1(F)CC1. The van der Waals surface area contributed by atoms with E-state index in [9.17, 15) is 12.8 Å². The zero-order chi connectivity index (χ0) is 10.3. The minimum Gasteiger partial charge on any atom is -0.238 e. The van der Waals surface area contributed by atoms with Crippen molar-refractivity contribution >= 4 is 16.2 Å². The quantitative estimate of drug-likeness (QED) is 0.647. The third kappa shape index (κ3) is 2.49. The number of alkyl halides is 1. The Balaban J connectivity index is 2.79. The second-order valence-electron chi connectivity index (χ2n) is 4.36. The molecule has 0 unspecified atom stereocenters. The van der Waals surface area contributed by atoms with Crippen LogP contribution in [-0.4, -0.2) is 25.0 Å². The molecular weight excluding hydrogens is 193 g/mol. The second kappa shape index (κ2) is 2.77. The summed E-state index contributed by atoms with van der Waals surface area (Å²) in [6.07, 6.45) is 1.69. The molecule has 13 heavy (non-hydrogen) atoms. The Kier molecular flexibility index (Phi) is 2.26. The number of sulfonamides is 1. The van der Waals surface area contributed by atoms with E-state index in [0.717, 1.165) is 6.21 Å². The Hall–Kier alpha value is -0.450. The normalized spacial score (nSPS) is 22.2. The van der Waals surface area contributed by atoms with Gasteiger partial charge >= 0.3 is 0 Å². The lowest BCUT2D eigenvalue weighted by molar-refractivity contribution is 0.413. The Labute approximate surface area is 78.1 Å². The van der Waals surface area contributed by atoms with E-state index in [-0.39, 0.29) is 0 Å². The third-order valence-electron chi connectivity index (χ3n) is 1.92. The Bertz CT molecular complexity index is 323. The summed E-state index contributed by atoms with van der Waals surface area (Å²) in [5, 5.41) is 0. The molecule has 0 amide bonds. The predicted molar refractivity (Wildman–Crippen MR) is 50.2 cm³/mol. The summed E-state index contributed by atoms with van der Waals surface area (Å²) in [6.45, 7) is 4.62. The molecule has 3 nitrogen and oxygen atoms in total. The molecule has 1 fully saturated rings. The first-order valence-electron chi connectivity index (χ1n) is 4.16. The van der Waals surface area contributed by atoms with Crippen LogP contribution in [0.25, 0.3) is 0 Å². The van der Waals surface area contributed by atoms with Gasteiger partial charge in [-0.25, -0.2) is 12.8 Å². The van der Waals surface area contributed by atoms with Gasteiger partial charge in [0.25, 0.3) is 10.0 Å². The Morgan fingerprint density at radius 1 is 1.38 bits per heavy atom. The molecule has 0 heterocycles. The maximum Gasteiger partial charge on any atom is 0.257 e. The molecule has 1 aliphatic carbocycles. The van der Waals surface area contributed by atoms with Gasteiger partial charge in [-0.15, -0.1) is 0 Å². The van der Waals surface area contributed by atoms with E-state index < -0.39 is 20.4 Å². The maximum absolute atomic E-state index is 13.0. The van der Waals surface area contributed by atoms with Crippen LogP contribution in [0.4, 0.5) is 4.39 Å². The minimum absolute atomic E-state index is 0.385. The van der Waals surface area contributed by atoms with Crippen molar-refractivity contribution in [2.45, 2.75) is 44.0 Å². The van der Waals surface area contributed by atoms with Crippen LogP contribution in [0.15, 0.2) is 4.40 Å². The van der Waals surface area contributed by atoms with Gasteiger partial charge in [0.05, 0.1) is 11.0 Å². The standard InChI is InChI=1S/C8H14FNO2S/c1-7(2,3)13(11,12)10-6-8(9)4-5-8/h6H,4-5H2,1-3H3. The number of hydrogen-bond donors (Lipinski definition) is 0. The fourth-order valence-electron chi connectivity index (χ4n) is 0.570. The highest BCUT2D eigenvalue weighted by Gasteiger charge is 2.42. The summed E-state index contributed by atoms with van der Waals surface area (Å²) in [6, 6.07) is 0. The number of rotatable bonds is 2. The fraction of sp³-hybridized carbons (Fsp3) is 0.875. The summed E-state index contributed by atoms with van der Waals surface area (Å²) < 4.78 is 38.1. The van der Waals surface area contributed by atoms with Crippen molar-refractivity contribution in [3.8, 4) is 0 Å². The predicted octanol–water partition coefficient (Wildman–Crippen LogP) is 1.69. The van der Waals surface area contributed by atoms with Crippen LogP contribution in [0, 0.1) is 0 Å².